The van der Waals surface area contributed by atoms with Gasteiger partial charge in [-0.25, -0.2) is 4.98 Å². The average molecular weight is 306 g/mol. The summed E-state index contributed by atoms with van der Waals surface area (Å²) < 4.78 is 5.34. The minimum atomic E-state index is -0.0652. The van der Waals surface area contributed by atoms with E-state index in [2.05, 4.69) is 28.3 Å². The van der Waals surface area contributed by atoms with Crippen LogP contribution in [0, 0.1) is 6.92 Å². The van der Waals surface area contributed by atoms with Crippen molar-refractivity contribution in [2.45, 2.75) is 26.3 Å². The summed E-state index contributed by atoms with van der Waals surface area (Å²) in [6.07, 6.45) is 4.35. The molecule has 1 N–H and O–H groups in total. The number of rotatable bonds is 6. The zero-order chi connectivity index (χ0) is 15.2. The minimum absolute atomic E-state index is 0.0652. The highest BCUT2D eigenvalue weighted by Gasteiger charge is 2.20. The first kappa shape index (κ1) is 15.7. The smallest absolute Gasteiger partial charge is 0.237 e. The molecule has 0 aliphatic carbocycles. The Hall–Kier alpha value is -1.65. The molecule has 2 aromatic rings. The maximum absolute atomic E-state index is 6.12. The van der Waals surface area contributed by atoms with Crippen LogP contribution in [0.1, 0.15) is 36.2 Å². The molecule has 1 atom stereocenters. The number of methoxy groups -OCH3 is 1. The summed E-state index contributed by atoms with van der Waals surface area (Å²) in [7, 11) is 1.61. The van der Waals surface area contributed by atoms with Crippen molar-refractivity contribution < 1.29 is 4.74 Å². The first-order valence-corrected chi connectivity index (χ1v) is 7.39. The van der Waals surface area contributed by atoms with Gasteiger partial charge in [-0.2, -0.15) is 0 Å². The molecular formula is C16H20ClN3O. The summed E-state index contributed by atoms with van der Waals surface area (Å²) in [5, 5.41) is 4.26. The summed E-state index contributed by atoms with van der Waals surface area (Å²) >= 11 is 6.12. The van der Waals surface area contributed by atoms with Crippen molar-refractivity contribution >= 4 is 11.6 Å². The summed E-state index contributed by atoms with van der Waals surface area (Å²) in [5.74, 6) is 0.540. The average Bonchev–Trinajstić information content (AvgIpc) is 2.51. The number of nitrogens with zero attached hydrogens (tertiary/aromatic N) is 2. The van der Waals surface area contributed by atoms with Gasteiger partial charge in [-0.1, -0.05) is 30.7 Å². The second-order valence-corrected chi connectivity index (χ2v) is 5.25. The van der Waals surface area contributed by atoms with Gasteiger partial charge in [-0.3, -0.25) is 4.98 Å². The molecule has 1 aromatic heterocycles. The van der Waals surface area contributed by atoms with Gasteiger partial charge in [0, 0.05) is 17.4 Å². The topological polar surface area (TPSA) is 47.0 Å². The van der Waals surface area contributed by atoms with Gasteiger partial charge in [0.2, 0.25) is 5.88 Å². The van der Waals surface area contributed by atoms with Crippen molar-refractivity contribution in [1.29, 1.82) is 0 Å². The lowest BCUT2D eigenvalue weighted by atomic mass is 10.0. The predicted octanol–water partition coefficient (Wildman–Crippen LogP) is 3.54. The van der Waals surface area contributed by atoms with E-state index in [1.165, 1.54) is 0 Å². The van der Waals surface area contributed by atoms with Crippen LogP contribution in [0.15, 0.2) is 30.6 Å². The van der Waals surface area contributed by atoms with E-state index in [1.54, 1.807) is 19.5 Å². The fourth-order valence-electron chi connectivity index (χ4n) is 2.20. The van der Waals surface area contributed by atoms with Gasteiger partial charge in [0.25, 0.3) is 0 Å². The Morgan fingerprint density at radius 3 is 2.71 bits per heavy atom. The maximum atomic E-state index is 6.12. The van der Waals surface area contributed by atoms with Crippen molar-refractivity contribution in [3.63, 3.8) is 0 Å². The number of aryl methyl sites for hydroxylation is 1. The monoisotopic (exact) mass is 305 g/mol. The second-order valence-electron chi connectivity index (χ2n) is 4.85. The molecule has 0 bridgehead atoms. The number of hydrogen-bond donors (Lipinski definition) is 1. The van der Waals surface area contributed by atoms with Gasteiger partial charge in [0.1, 0.15) is 5.69 Å². The Morgan fingerprint density at radius 1 is 1.29 bits per heavy atom. The van der Waals surface area contributed by atoms with Gasteiger partial charge in [-0.15, -0.1) is 0 Å². The van der Waals surface area contributed by atoms with Crippen molar-refractivity contribution in [1.82, 2.24) is 15.3 Å². The number of benzene rings is 1. The molecule has 2 rings (SSSR count). The summed E-state index contributed by atoms with van der Waals surface area (Å²) in [6, 6.07) is 5.93. The molecule has 21 heavy (non-hydrogen) atoms. The van der Waals surface area contributed by atoms with Crippen LogP contribution in [0.4, 0.5) is 0 Å². The van der Waals surface area contributed by atoms with Crippen LogP contribution in [-0.2, 0) is 0 Å². The van der Waals surface area contributed by atoms with Gasteiger partial charge in [-0.05, 0) is 37.1 Å². The van der Waals surface area contributed by atoms with E-state index in [1.807, 2.05) is 19.1 Å². The molecule has 0 aliphatic rings. The third-order valence-corrected chi connectivity index (χ3v) is 3.70. The summed E-state index contributed by atoms with van der Waals surface area (Å²) in [4.78, 5) is 8.69. The number of halogens is 1. The van der Waals surface area contributed by atoms with Gasteiger partial charge >= 0.3 is 0 Å². The number of nitrogens with one attached hydrogen (secondary N) is 1. The number of hydrogen-bond acceptors (Lipinski definition) is 4. The van der Waals surface area contributed by atoms with Crippen LogP contribution in [-0.4, -0.2) is 23.6 Å². The predicted molar refractivity (Wildman–Crippen MR) is 84.9 cm³/mol. The molecule has 1 aromatic carbocycles. The second kappa shape index (κ2) is 7.38. The zero-order valence-electron chi connectivity index (χ0n) is 12.6. The van der Waals surface area contributed by atoms with E-state index < -0.39 is 0 Å². The van der Waals surface area contributed by atoms with Crippen LogP contribution in [0.25, 0.3) is 0 Å². The molecule has 0 saturated carbocycles. The van der Waals surface area contributed by atoms with Gasteiger partial charge in [0.05, 0.1) is 13.2 Å². The SMILES string of the molecule is CCCNC(c1ccc(Cl)c(C)c1)c1nccnc1OC. The van der Waals surface area contributed by atoms with Crippen LogP contribution in [0.2, 0.25) is 5.02 Å². The molecule has 112 valence electrons. The molecular weight excluding hydrogens is 286 g/mol. The molecule has 1 heterocycles. The van der Waals surface area contributed by atoms with Crippen molar-refractivity contribution in [3.8, 4) is 5.88 Å². The normalized spacial score (nSPS) is 12.2. The standard InChI is InChI=1S/C16H20ClN3O/c1-4-7-18-14(12-5-6-13(17)11(2)10-12)15-16(21-3)20-9-8-19-15/h5-6,8-10,14,18H,4,7H2,1-3H3. The van der Waals surface area contributed by atoms with E-state index in [9.17, 15) is 0 Å². The van der Waals surface area contributed by atoms with Crippen molar-refractivity contribution in [2.24, 2.45) is 0 Å². The lowest BCUT2D eigenvalue weighted by Gasteiger charge is -2.20. The van der Waals surface area contributed by atoms with Crippen LogP contribution in [0.3, 0.4) is 0 Å². The maximum Gasteiger partial charge on any atom is 0.237 e. The number of aromatic nitrogens is 2. The first-order valence-electron chi connectivity index (χ1n) is 7.01. The fourth-order valence-corrected chi connectivity index (χ4v) is 2.32. The van der Waals surface area contributed by atoms with Crippen LogP contribution in [0.5, 0.6) is 5.88 Å². The van der Waals surface area contributed by atoms with Gasteiger partial charge in [0.15, 0.2) is 0 Å². The molecule has 0 amide bonds. The van der Waals surface area contributed by atoms with E-state index in [0.29, 0.717) is 5.88 Å². The minimum Gasteiger partial charge on any atom is -0.480 e. The Balaban J connectivity index is 2.44. The largest absolute Gasteiger partial charge is 0.480 e. The molecule has 5 heteroatoms. The van der Waals surface area contributed by atoms with Crippen LogP contribution >= 0.6 is 11.6 Å². The quantitative estimate of drug-likeness (QED) is 0.887. The molecule has 4 nitrogen and oxygen atoms in total. The Bertz CT molecular complexity index is 604. The van der Waals surface area contributed by atoms with Gasteiger partial charge < -0.3 is 10.1 Å². The van der Waals surface area contributed by atoms with E-state index in [-0.39, 0.29) is 6.04 Å². The highest BCUT2D eigenvalue weighted by atomic mass is 35.5. The lowest BCUT2D eigenvalue weighted by Crippen LogP contribution is -2.25. The first-order chi connectivity index (χ1) is 10.2. The van der Waals surface area contributed by atoms with E-state index >= 15 is 0 Å². The fraction of sp³-hybridized carbons (Fsp3) is 0.375. The Labute approximate surface area is 130 Å². The Kier molecular flexibility index (Phi) is 5.53. The lowest BCUT2D eigenvalue weighted by molar-refractivity contribution is 0.382. The third-order valence-electron chi connectivity index (χ3n) is 3.27. The van der Waals surface area contributed by atoms with E-state index in [0.717, 1.165) is 34.8 Å². The molecule has 0 radical (unpaired) electrons. The van der Waals surface area contributed by atoms with E-state index in [4.69, 9.17) is 16.3 Å². The molecule has 0 saturated heterocycles. The number of ether oxygens (including phenoxy) is 1. The zero-order valence-corrected chi connectivity index (χ0v) is 13.3. The van der Waals surface area contributed by atoms with Crippen molar-refractivity contribution in [3.05, 3.63) is 52.4 Å². The van der Waals surface area contributed by atoms with Crippen LogP contribution < -0.4 is 10.1 Å². The highest BCUT2D eigenvalue weighted by Crippen LogP contribution is 2.28. The molecule has 0 aliphatic heterocycles. The Morgan fingerprint density at radius 2 is 2.05 bits per heavy atom. The summed E-state index contributed by atoms with van der Waals surface area (Å²) in [5.41, 5.74) is 2.93. The van der Waals surface area contributed by atoms with Crippen molar-refractivity contribution in [2.75, 3.05) is 13.7 Å². The summed E-state index contributed by atoms with van der Waals surface area (Å²) in [6.45, 7) is 5.01. The molecule has 0 spiro atoms. The molecule has 1 unspecified atom stereocenters. The third kappa shape index (κ3) is 3.71. The molecule has 0 fully saturated rings. The highest BCUT2D eigenvalue weighted by molar-refractivity contribution is 6.31.